The van der Waals surface area contributed by atoms with Gasteiger partial charge in [-0.15, -0.1) is 0 Å². The molecule has 0 bridgehead atoms. The van der Waals surface area contributed by atoms with E-state index in [2.05, 4.69) is 4.98 Å². The molecule has 6 nitrogen and oxygen atoms in total. The van der Waals surface area contributed by atoms with Gasteiger partial charge in [0.15, 0.2) is 17.6 Å². The van der Waals surface area contributed by atoms with Gasteiger partial charge in [-0.25, -0.2) is 4.98 Å². The number of ether oxygens (including phenoxy) is 3. The summed E-state index contributed by atoms with van der Waals surface area (Å²) in [6.07, 6.45) is -0.918. The van der Waals surface area contributed by atoms with Crippen LogP contribution in [0.25, 0.3) is 0 Å². The molecule has 0 amide bonds. The van der Waals surface area contributed by atoms with E-state index in [0.29, 0.717) is 37.7 Å². The van der Waals surface area contributed by atoms with Gasteiger partial charge in [0.2, 0.25) is 0 Å². The lowest BCUT2D eigenvalue weighted by atomic mass is 10.1. The maximum Gasteiger partial charge on any atom is 0.415 e. The van der Waals surface area contributed by atoms with Crippen molar-refractivity contribution >= 4 is 0 Å². The summed E-state index contributed by atoms with van der Waals surface area (Å²) in [4.78, 5) is 5.70. The Kier molecular flexibility index (Phi) is 6.22. The van der Waals surface area contributed by atoms with Gasteiger partial charge in [-0.05, 0) is 6.07 Å². The summed E-state index contributed by atoms with van der Waals surface area (Å²) in [6.45, 7) is 1.59. The topological polar surface area (TPSA) is 48.8 Å². The summed E-state index contributed by atoms with van der Waals surface area (Å²) in [5.41, 5.74) is 0.780. The fraction of sp³-hybridized carbons (Fsp3) is 0.500. The molecule has 27 heavy (non-hydrogen) atoms. The number of hydrogen-bond acceptors (Lipinski definition) is 5. The third kappa shape index (κ3) is 5.14. The molecule has 1 aliphatic rings. The predicted octanol–water partition coefficient (Wildman–Crippen LogP) is 2.73. The van der Waals surface area contributed by atoms with Gasteiger partial charge in [-0.3, -0.25) is 4.90 Å². The second kappa shape index (κ2) is 8.62. The van der Waals surface area contributed by atoms with Crippen LogP contribution in [-0.2, 0) is 17.8 Å². The Bertz CT molecular complexity index is 722. The number of aromatic nitrogens is 2. The first-order valence-corrected chi connectivity index (χ1v) is 8.62. The van der Waals surface area contributed by atoms with Crippen LogP contribution >= 0.6 is 0 Å². The number of halogens is 3. The molecular formula is C18H22F3N3O3. The summed E-state index contributed by atoms with van der Waals surface area (Å²) in [6, 6.07) is 5.42. The SMILES string of the molecule is COc1cccc(CN2CCOC(C(F)(F)F)C2)c1OCCn1ccnc1. The molecule has 1 fully saturated rings. The molecule has 0 spiro atoms. The third-order valence-electron chi connectivity index (χ3n) is 4.35. The molecule has 0 N–H and O–H groups in total. The molecule has 3 rings (SSSR count). The minimum absolute atomic E-state index is 0.0466. The second-order valence-electron chi connectivity index (χ2n) is 6.23. The second-order valence-corrected chi connectivity index (χ2v) is 6.23. The van der Waals surface area contributed by atoms with Crippen molar-refractivity contribution in [1.29, 1.82) is 0 Å². The normalized spacial score (nSPS) is 18.4. The molecule has 1 saturated heterocycles. The Labute approximate surface area is 155 Å². The molecule has 9 heteroatoms. The van der Waals surface area contributed by atoms with Crippen LogP contribution in [0.15, 0.2) is 36.9 Å². The van der Waals surface area contributed by atoms with Gasteiger partial charge in [0.1, 0.15) is 6.61 Å². The van der Waals surface area contributed by atoms with E-state index in [-0.39, 0.29) is 13.2 Å². The number of benzene rings is 1. The van der Waals surface area contributed by atoms with Crippen LogP contribution in [0.1, 0.15) is 5.56 Å². The minimum Gasteiger partial charge on any atom is -0.493 e. The van der Waals surface area contributed by atoms with E-state index < -0.39 is 12.3 Å². The largest absolute Gasteiger partial charge is 0.493 e. The zero-order chi connectivity index (χ0) is 19.3. The van der Waals surface area contributed by atoms with Gasteiger partial charge in [0.05, 0.1) is 26.6 Å². The number of morpholine rings is 1. The summed E-state index contributed by atoms with van der Waals surface area (Å²) in [5, 5.41) is 0. The van der Waals surface area contributed by atoms with E-state index in [1.54, 1.807) is 29.6 Å². The molecule has 0 saturated carbocycles. The number of rotatable bonds is 7. The van der Waals surface area contributed by atoms with Gasteiger partial charge in [0.25, 0.3) is 0 Å². The zero-order valence-electron chi connectivity index (χ0n) is 15.0. The Balaban J connectivity index is 1.68. The first-order chi connectivity index (χ1) is 13.0. The number of hydrogen-bond donors (Lipinski definition) is 0. The van der Waals surface area contributed by atoms with E-state index >= 15 is 0 Å². The van der Waals surface area contributed by atoms with Crippen molar-refractivity contribution in [1.82, 2.24) is 14.5 Å². The maximum atomic E-state index is 12.9. The highest BCUT2D eigenvalue weighted by atomic mass is 19.4. The summed E-state index contributed by atoms with van der Waals surface area (Å²) >= 11 is 0. The Hall–Kier alpha value is -2.26. The number of imidazole rings is 1. The fourth-order valence-electron chi connectivity index (χ4n) is 2.97. The Morgan fingerprint density at radius 3 is 2.89 bits per heavy atom. The monoisotopic (exact) mass is 385 g/mol. The Morgan fingerprint density at radius 2 is 2.19 bits per heavy atom. The van der Waals surface area contributed by atoms with Gasteiger partial charge < -0.3 is 18.8 Å². The molecule has 148 valence electrons. The van der Waals surface area contributed by atoms with Crippen LogP contribution in [-0.4, -0.2) is 60.1 Å². The summed E-state index contributed by atoms with van der Waals surface area (Å²) in [7, 11) is 1.54. The van der Waals surface area contributed by atoms with Gasteiger partial charge >= 0.3 is 6.18 Å². The quantitative estimate of drug-likeness (QED) is 0.734. The number of alkyl halides is 3. The highest BCUT2D eigenvalue weighted by molar-refractivity contribution is 5.46. The van der Waals surface area contributed by atoms with Crippen LogP contribution in [0.4, 0.5) is 13.2 Å². The third-order valence-corrected chi connectivity index (χ3v) is 4.35. The van der Waals surface area contributed by atoms with E-state index in [1.165, 1.54) is 7.11 Å². The van der Waals surface area contributed by atoms with Crippen molar-refractivity contribution in [3.8, 4) is 11.5 Å². The van der Waals surface area contributed by atoms with Crippen LogP contribution in [0.2, 0.25) is 0 Å². The van der Waals surface area contributed by atoms with Gasteiger partial charge in [0, 0.05) is 37.6 Å². The maximum absolute atomic E-state index is 12.9. The lowest BCUT2D eigenvalue weighted by molar-refractivity contribution is -0.237. The van der Waals surface area contributed by atoms with Crippen LogP contribution in [0.3, 0.4) is 0 Å². The average molecular weight is 385 g/mol. The highest BCUT2D eigenvalue weighted by Crippen LogP contribution is 2.33. The minimum atomic E-state index is -4.36. The van der Waals surface area contributed by atoms with Crippen molar-refractivity contribution in [2.75, 3.05) is 33.4 Å². The lowest BCUT2D eigenvalue weighted by Gasteiger charge is -2.34. The number of para-hydroxylation sites is 1. The molecule has 2 heterocycles. The van der Waals surface area contributed by atoms with Crippen molar-refractivity contribution in [2.24, 2.45) is 0 Å². The predicted molar refractivity (Wildman–Crippen MR) is 91.8 cm³/mol. The average Bonchev–Trinajstić information content (AvgIpc) is 3.16. The van der Waals surface area contributed by atoms with Gasteiger partial charge in [-0.2, -0.15) is 13.2 Å². The van der Waals surface area contributed by atoms with Crippen LogP contribution < -0.4 is 9.47 Å². The first kappa shape index (κ1) is 19.5. The van der Waals surface area contributed by atoms with Crippen molar-refractivity contribution in [3.63, 3.8) is 0 Å². The van der Waals surface area contributed by atoms with Crippen molar-refractivity contribution in [3.05, 3.63) is 42.5 Å². The van der Waals surface area contributed by atoms with Gasteiger partial charge in [-0.1, -0.05) is 12.1 Å². The fourth-order valence-corrected chi connectivity index (χ4v) is 2.97. The van der Waals surface area contributed by atoms with Crippen LogP contribution in [0, 0.1) is 0 Å². The first-order valence-electron chi connectivity index (χ1n) is 8.62. The molecule has 1 unspecified atom stereocenters. The molecule has 2 aromatic rings. The van der Waals surface area contributed by atoms with Crippen molar-refractivity contribution in [2.45, 2.75) is 25.4 Å². The van der Waals surface area contributed by atoms with E-state index in [4.69, 9.17) is 14.2 Å². The molecule has 0 radical (unpaired) electrons. The highest BCUT2D eigenvalue weighted by Gasteiger charge is 2.43. The van der Waals surface area contributed by atoms with E-state index in [9.17, 15) is 13.2 Å². The van der Waals surface area contributed by atoms with Crippen molar-refractivity contribution < 1.29 is 27.4 Å². The Morgan fingerprint density at radius 1 is 1.33 bits per heavy atom. The summed E-state index contributed by atoms with van der Waals surface area (Å²) in [5.74, 6) is 1.11. The molecule has 0 aliphatic carbocycles. The molecular weight excluding hydrogens is 363 g/mol. The number of nitrogens with zero attached hydrogens (tertiary/aromatic N) is 3. The lowest BCUT2D eigenvalue weighted by Crippen LogP contribution is -2.48. The molecule has 1 aromatic heterocycles. The van der Waals surface area contributed by atoms with E-state index in [1.807, 2.05) is 16.8 Å². The smallest absolute Gasteiger partial charge is 0.415 e. The molecule has 1 atom stereocenters. The zero-order valence-corrected chi connectivity index (χ0v) is 15.0. The number of methoxy groups -OCH3 is 1. The standard InChI is InChI=1S/C18H22F3N3O3/c1-25-15-4-2-3-14(17(15)27-10-7-23-6-5-22-13-23)11-24-8-9-26-16(12-24)18(19,20)21/h2-6,13,16H,7-12H2,1H3. The molecule has 1 aromatic carbocycles. The molecule has 1 aliphatic heterocycles. The van der Waals surface area contributed by atoms with Crippen LogP contribution in [0.5, 0.6) is 11.5 Å². The summed E-state index contributed by atoms with van der Waals surface area (Å²) < 4.78 is 56.9. The van der Waals surface area contributed by atoms with E-state index in [0.717, 1.165) is 5.56 Å².